The number of hydrogen-bond acceptors (Lipinski definition) is 7. The van der Waals surface area contributed by atoms with Gasteiger partial charge in [-0.25, -0.2) is 4.98 Å². The third-order valence-electron chi connectivity index (χ3n) is 5.38. The smallest absolute Gasteiger partial charge is 0.267 e. The number of aromatic nitrogens is 4. The summed E-state index contributed by atoms with van der Waals surface area (Å²) in [6.45, 7) is 1.21. The molecule has 1 aliphatic carbocycles. The van der Waals surface area contributed by atoms with E-state index < -0.39 is 5.60 Å². The van der Waals surface area contributed by atoms with Gasteiger partial charge in [0.05, 0.1) is 24.1 Å². The molecule has 1 saturated carbocycles. The molecule has 1 N–H and O–H groups in total. The van der Waals surface area contributed by atoms with Gasteiger partial charge in [0.25, 0.3) is 5.89 Å². The number of aliphatic hydroxyl groups is 1. The third kappa shape index (κ3) is 3.60. The molecule has 0 bridgehead atoms. The molecule has 0 unspecified atom stereocenters. The van der Waals surface area contributed by atoms with Gasteiger partial charge in [-0.3, -0.25) is 9.78 Å². The molecule has 4 rings (SSSR count). The Morgan fingerprint density at radius 1 is 1.27 bits per heavy atom. The first-order valence-corrected chi connectivity index (χ1v) is 9.23. The SMILES string of the molecule is O=C(CC1(O)CCCCC1)N1CC[C@@H](c2nnc(-c3cnccn3)o2)C1. The Bertz CT molecular complexity index is 757. The van der Waals surface area contributed by atoms with Crippen molar-refractivity contribution in [2.24, 2.45) is 0 Å². The van der Waals surface area contributed by atoms with E-state index in [1.54, 1.807) is 18.6 Å². The first kappa shape index (κ1) is 17.1. The van der Waals surface area contributed by atoms with Crippen LogP contribution in [-0.2, 0) is 4.79 Å². The highest BCUT2D eigenvalue weighted by Gasteiger charge is 2.36. The average molecular weight is 357 g/mol. The van der Waals surface area contributed by atoms with Gasteiger partial charge in [-0.1, -0.05) is 19.3 Å². The summed E-state index contributed by atoms with van der Waals surface area (Å²) >= 11 is 0. The van der Waals surface area contributed by atoms with Crippen molar-refractivity contribution in [2.45, 2.75) is 56.5 Å². The summed E-state index contributed by atoms with van der Waals surface area (Å²) in [6, 6.07) is 0. The molecule has 2 aromatic rings. The van der Waals surface area contributed by atoms with Crippen molar-refractivity contribution < 1.29 is 14.3 Å². The van der Waals surface area contributed by atoms with Crippen LogP contribution in [0.5, 0.6) is 0 Å². The van der Waals surface area contributed by atoms with Crippen LogP contribution in [0.1, 0.15) is 56.8 Å². The van der Waals surface area contributed by atoms with Crippen molar-refractivity contribution in [3.05, 3.63) is 24.5 Å². The van der Waals surface area contributed by atoms with E-state index in [-0.39, 0.29) is 18.2 Å². The maximum Gasteiger partial charge on any atom is 0.267 e. The lowest BCUT2D eigenvalue weighted by Crippen LogP contribution is -2.39. The van der Waals surface area contributed by atoms with E-state index >= 15 is 0 Å². The molecule has 1 atom stereocenters. The van der Waals surface area contributed by atoms with Gasteiger partial charge in [0.2, 0.25) is 11.8 Å². The second-order valence-electron chi connectivity index (χ2n) is 7.32. The molecule has 3 heterocycles. The summed E-state index contributed by atoms with van der Waals surface area (Å²) in [7, 11) is 0. The molecule has 2 aliphatic rings. The molecule has 8 heteroatoms. The molecule has 8 nitrogen and oxygen atoms in total. The standard InChI is InChI=1S/C18H23N5O3/c24-15(10-18(25)5-2-1-3-6-18)23-9-4-13(12-23)16-21-22-17(26-16)14-11-19-7-8-20-14/h7-8,11,13,25H,1-6,9-10,12H2/t13-/m1/s1. The molecule has 0 radical (unpaired) electrons. The van der Waals surface area contributed by atoms with Crippen molar-refractivity contribution in [1.29, 1.82) is 0 Å². The predicted octanol–water partition coefficient (Wildman–Crippen LogP) is 1.93. The van der Waals surface area contributed by atoms with Crippen LogP contribution in [0.25, 0.3) is 11.6 Å². The second kappa shape index (κ2) is 7.11. The van der Waals surface area contributed by atoms with Crippen LogP contribution in [0.4, 0.5) is 0 Å². The van der Waals surface area contributed by atoms with E-state index in [0.29, 0.717) is 30.6 Å². The van der Waals surface area contributed by atoms with Gasteiger partial charge in [-0.2, -0.15) is 0 Å². The topological polar surface area (TPSA) is 105 Å². The molecular formula is C18H23N5O3. The summed E-state index contributed by atoms with van der Waals surface area (Å²) in [4.78, 5) is 22.6. The highest BCUT2D eigenvalue weighted by Crippen LogP contribution is 2.33. The van der Waals surface area contributed by atoms with Crippen LogP contribution in [0.15, 0.2) is 23.0 Å². The Kier molecular flexibility index (Phi) is 4.67. The second-order valence-corrected chi connectivity index (χ2v) is 7.32. The first-order chi connectivity index (χ1) is 12.6. The lowest BCUT2D eigenvalue weighted by molar-refractivity contribution is -0.136. The summed E-state index contributed by atoms with van der Waals surface area (Å²) in [5, 5.41) is 18.8. The maximum atomic E-state index is 12.6. The summed E-state index contributed by atoms with van der Waals surface area (Å²) in [5.74, 6) is 0.912. The highest BCUT2D eigenvalue weighted by atomic mass is 16.4. The van der Waals surface area contributed by atoms with Crippen LogP contribution >= 0.6 is 0 Å². The van der Waals surface area contributed by atoms with E-state index in [1.807, 2.05) is 4.90 Å². The normalized spacial score (nSPS) is 22.5. The van der Waals surface area contributed by atoms with Gasteiger partial charge in [0.15, 0.2) is 0 Å². The van der Waals surface area contributed by atoms with Gasteiger partial charge in [-0.05, 0) is 19.3 Å². The molecule has 26 heavy (non-hydrogen) atoms. The Labute approximate surface area is 151 Å². The minimum atomic E-state index is -0.822. The Morgan fingerprint density at radius 2 is 2.12 bits per heavy atom. The minimum Gasteiger partial charge on any atom is -0.419 e. The number of carbonyl (C=O) groups excluding carboxylic acids is 1. The molecule has 1 saturated heterocycles. The first-order valence-electron chi connectivity index (χ1n) is 9.23. The maximum absolute atomic E-state index is 12.6. The summed E-state index contributed by atoms with van der Waals surface area (Å²) in [5.41, 5.74) is -0.284. The number of likely N-dealkylation sites (tertiary alicyclic amines) is 1. The van der Waals surface area contributed by atoms with Crippen LogP contribution in [0.2, 0.25) is 0 Å². The molecule has 2 aromatic heterocycles. The zero-order valence-corrected chi connectivity index (χ0v) is 14.7. The molecule has 138 valence electrons. The Balaban J connectivity index is 1.38. The van der Waals surface area contributed by atoms with Gasteiger partial charge in [-0.15, -0.1) is 10.2 Å². The molecule has 2 fully saturated rings. The summed E-state index contributed by atoms with van der Waals surface area (Å²) in [6.07, 6.45) is 10.3. The lowest BCUT2D eigenvalue weighted by Gasteiger charge is -2.32. The fraction of sp³-hybridized carbons (Fsp3) is 0.611. The lowest BCUT2D eigenvalue weighted by atomic mass is 9.82. The monoisotopic (exact) mass is 357 g/mol. The number of nitrogens with zero attached hydrogens (tertiary/aromatic N) is 5. The van der Waals surface area contributed by atoms with Crippen molar-refractivity contribution in [3.8, 4) is 11.6 Å². The van der Waals surface area contributed by atoms with Crippen LogP contribution in [0.3, 0.4) is 0 Å². The Hall–Kier alpha value is -2.35. The quantitative estimate of drug-likeness (QED) is 0.891. The van der Waals surface area contributed by atoms with Crippen LogP contribution in [-0.4, -0.2) is 54.8 Å². The van der Waals surface area contributed by atoms with E-state index in [2.05, 4.69) is 20.2 Å². The third-order valence-corrected chi connectivity index (χ3v) is 5.38. The van der Waals surface area contributed by atoms with E-state index in [4.69, 9.17) is 4.42 Å². The van der Waals surface area contributed by atoms with Crippen molar-refractivity contribution in [1.82, 2.24) is 25.1 Å². The van der Waals surface area contributed by atoms with Gasteiger partial charge < -0.3 is 14.4 Å². The molecule has 0 spiro atoms. The van der Waals surface area contributed by atoms with Crippen molar-refractivity contribution in [3.63, 3.8) is 0 Å². The fourth-order valence-corrected chi connectivity index (χ4v) is 3.88. The van der Waals surface area contributed by atoms with Gasteiger partial charge >= 0.3 is 0 Å². The van der Waals surface area contributed by atoms with Gasteiger partial charge in [0.1, 0.15) is 5.69 Å². The number of rotatable bonds is 4. The molecule has 0 aromatic carbocycles. The molecular weight excluding hydrogens is 334 g/mol. The fourth-order valence-electron chi connectivity index (χ4n) is 3.88. The van der Waals surface area contributed by atoms with E-state index in [0.717, 1.165) is 38.5 Å². The number of amides is 1. The van der Waals surface area contributed by atoms with Crippen molar-refractivity contribution in [2.75, 3.05) is 13.1 Å². The van der Waals surface area contributed by atoms with Crippen LogP contribution < -0.4 is 0 Å². The average Bonchev–Trinajstić information content (AvgIpc) is 3.32. The Morgan fingerprint density at radius 3 is 2.88 bits per heavy atom. The van der Waals surface area contributed by atoms with E-state index in [9.17, 15) is 9.90 Å². The zero-order valence-electron chi connectivity index (χ0n) is 14.7. The van der Waals surface area contributed by atoms with Crippen LogP contribution in [0, 0.1) is 0 Å². The molecule has 1 aliphatic heterocycles. The van der Waals surface area contributed by atoms with E-state index in [1.165, 1.54) is 0 Å². The number of hydrogen-bond donors (Lipinski definition) is 1. The summed E-state index contributed by atoms with van der Waals surface area (Å²) < 4.78 is 5.74. The minimum absolute atomic E-state index is 0.0190. The highest BCUT2D eigenvalue weighted by molar-refractivity contribution is 5.77. The van der Waals surface area contributed by atoms with Gasteiger partial charge in [0, 0.05) is 25.5 Å². The predicted molar refractivity (Wildman–Crippen MR) is 91.9 cm³/mol. The number of carbonyl (C=O) groups is 1. The molecule has 1 amide bonds. The largest absolute Gasteiger partial charge is 0.419 e. The zero-order chi connectivity index (χ0) is 18.0. The van der Waals surface area contributed by atoms with Crippen molar-refractivity contribution >= 4 is 5.91 Å².